The van der Waals surface area contributed by atoms with Gasteiger partial charge in [-0.15, -0.1) is 0 Å². The van der Waals surface area contributed by atoms with Crippen LogP contribution in [0.4, 0.5) is 0 Å². The van der Waals surface area contributed by atoms with Gasteiger partial charge in [-0.25, -0.2) is 4.98 Å². The fraction of sp³-hybridized carbons (Fsp3) is 0.333. The summed E-state index contributed by atoms with van der Waals surface area (Å²) in [5.41, 5.74) is 2.53. The lowest BCUT2D eigenvalue weighted by Crippen LogP contribution is -2.28. The average Bonchev–Trinajstić information content (AvgIpc) is 3.19. The van der Waals surface area contributed by atoms with Crippen LogP contribution >= 0.6 is 0 Å². The van der Waals surface area contributed by atoms with Crippen molar-refractivity contribution < 1.29 is 14.3 Å². The number of nitrogens with zero attached hydrogens (tertiary/aromatic N) is 1. The highest BCUT2D eigenvalue weighted by molar-refractivity contribution is 5.99. The molecule has 1 aromatic heterocycles. The lowest BCUT2D eigenvalue weighted by molar-refractivity contribution is -0.117. The van der Waals surface area contributed by atoms with E-state index in [1.807, 2.05) is 42.5 Å². The summed E-state index contributed by atoms with van der Waals surface area (Å²) in [5.74, 6) is 1.33. The third-order valence-corrected chi connectivity index (χ3v) is 4.77. The van der Waals surface area contributed by atoms with Gasteiger partial charge in [-0.2, -0.15) is 0 Å². The summed E-state index contributed by atoms with van der Waals surface area (Å²) < 4.78 is 11.6. The molecule has 134 valence electrons. The van der Waals surface area contributed by atoms with E-state index in [0.29, 0.717) is 18.0 Å². The number of fused-ring (bicyclic) bond motifs is 1. The number of ether oxygens (including phenoxy) is 2. The molecule has 0 bridgehead atoms. The molecule has 1 fully saturated rings. The SMILES string of the molecule is O=C(NCc1ccnc(OC2CCCC2)c1)C1=Cc2ccccc2OC1. The second-order valence-electron chi connectivity index (χ2n) is 6.71. The maximum absolute atomic E-state index is 12.4. The Bertz CT molecular complexity index is 826. The summed E-state index contributed by atoms with van der Waals surface area (Å²) in [5, 5.41) is 2.95. The molecule has 2 heterocycles. The Labute approximate surface area is 153 Å². The first kappa shape index (κ1) is 16.6. The zero-order valence-electron chi connectivity index (χ0n) is 14.6. The molecule has 1 N–H and O–H groups in total. The quantitative estimate of drug-likeness (QED) is 0.897. The first-order valence-corrected chi connectivity index (χ1v) is 9.10. The molecule has 1 aromatic carbocycles. The number of hydrogen-bond donors (Lipinski definition) is 1. The molecule has 1 saturated carbocycles. The maximum atomic E-state index is 12.4. The van der Waals surface area contributed by atoms with Crippen molar-refractivity contribution in [2.75, 3.05) is 6.61 Å². The number of para-hydroxylation sites is 1. The number of benzene rings is 1. The second-order valence-corrected chi connectivity index (χ2v) is 6.71. The molecular formula is C21H22N2O3. The van der Waals surface area contributed by atoms with Crippen LogP contribution in [0.5, 0.6) is 11.6 Å². The molecule has 0 atom stereocenters. The van der Waals surface area contributed by atoms with Crippen molar-refractivity contribution in [3.05, 3.63) is 59.3 Å². The van der Waals surface area contributed by atoms with Crippen molar-refractivity contribution in [3.63, 3.8) is 0 Å². The molecule has 5 nitrogen and oxygen atoms in total. The zero-order chi connectivity index (χ0) is 17.8. The number of nitrogens with one attached hydrogen (secondary N) is 1. The van der Waals surface area contributed by atoms with Crippen LogP contribution < -0.4 is 14.8 Å². The van der Waals surface area contributed by atoms with Gasteiger partial charge >= 0.3 is 0 Å². The van der Waals surface area contributed by atoms with Gasteiger partial charge in [-0.3, -0.25) is 4.79 Å². The van der Waals surface area contributed by atoms with E-state index in [1.54, 1.807) is 6.20 Å². The number of rotatable bonds is 5. The van der Waals surface area contributed by atoms with Crippen molar-refractivity contribution in [2.45, 2.75) is 38.3 Å². The Morgan fingerprint density at radius 3 is 2.96 bits per heavy atom. The molecule has 0 saturated heterocycles. The molecule has 2 aromatic rings. The monoisotopic (exact) mass is 350 g/mol. The summed E-state index contributed by atoms with van der Waals surface area (Å²) in [7, 11) is 0. The normalized spacial score (nSPS) is 16.4. The Morgan fingerprint density at radius 2 is 2.08 bits per heavy atom. The molecule has 26 heavy (non-hydrogen) atoms. The number of carbonyl (C=O) groups is 1. The Balaban J connectivity index is 1.37. The number of carbonyl (C=O) groups excluding carboxylic acids is 1. The minimum Gasteiger partial charge on any atom is -0.488 e. The maximum Gasteiger partial charge on any atom is 0.250 e. The fourth-order valence-electron chi connectivity index (χ4n) is 3.34. The van der Waals surface area contributed by atoms with Crippen molar-refractivity contribution in [2.24, 2.45) is 0 Å². The summed E-state index contributed by atoms with van der Waals surface area (Å²) in [6, 6.07) is 11.5. The van der Waals surface area contributed by atoms with Crippen LogP contribution in [0.25, 0.3) is 6.08 Å². The Morgan fingerprint density at radius 1 is 1.23 bits per heavy atom. The van der Waals surface area contributed by atoms with Crippen molar-refractivity contribution in [1.82, 2.24) is 10.3 Å². The summed E-state index contributed by atoms with van der Waals surface area (Å²) in [6.45, 7) is 0.719. The van der Waals surface area contributed by atoms with Crippen LogP contribution in [-0.4, -0.2) is 23.6 Å². The highest BCUT2D eigenvalue weighted by Crippen LogP contribution is 2.26. The third-order valence-electron chi connectivity index (χ3n) is 4.77. The lowest BCUT2D eigenvalue weighted by atomic mass is 10.1. The molecule has 4 rings (SSSR count). The van der Waals surface area contributed by atoms with Gasteiger partial charge in [-0.05, 0) is 49.5 Å². The minimum absolute atomic E-state index is 0.116. The summed E-state index contributed by atoms with van der Waals surface area (Å²) in [4.78, 5) is 16.7. The summed E-state index contributed by atoms with van der Waals surface area (Å²) >= 11 is 0. The van der Waals surface area contributed by atoms with Gasteiger partial charge in [0.1, 0.15) is 18.5 Å². The predicted molar refractivity (Wildman–Crippen MR) is 98.9 cm³/mol. The average molecular weight is 350 g/mol. The number of hydrogen-bond acceptors (Lipinski definition) is 4. The van der Waals surface area contributed by atoms with E-state index in [4.69, 9.17) is 9.47 Å². The van der Waals surface area contributed by atoms with Gasteiger partial charge in [0.25, 0.3) is 5.91 Å². The highest BCUT2D eigenvalue weighted by atomic mass is 16.5. The Hall–Kier alpha value is -2.82. The molecule has 0 unspecified atom stereocenters. The first-order valence-electron chi connectivity index (χ1n) is 9.10. The fourth-order valence-corrected chi connectivity index (χ4v) is 3.34. The summed E-state index contributed by atoms with van der Waals surface area (Å²) in [6.07, 6.45) is 8.52. The van der Waals surface area contributed by atoms with Gasteiger partial charge in [0.05, 0.1) is 5.57 Å². The largest absolute Gasteiger partial charge is 0.488 e. The van der Waals surface area contributed by atoms with Gasteiger partial charge in [0, 0.05) is 24.4 Å². The van der Waals surface area contributed by atoms with E-state index in [9.17, 15) is 4.79 Å². The second kappa shape index (κ2) is 7.60. The predicted octanol–water partition coefficient (Wildman–Crippen LogP) is 3.50. The molecule has 5 heteroatoms. The van der Waals surface area contributed by atoms with E-state index in [0.717, 1.165) is 29.7 Å². The molecule has 1 aliphatic carbocycles. The molecule has 0 spiro atoms. The third kappa shape index (κ3) is 3.87. The number of aromatic nitrogens is 1. The van der Waals surface area contributed by atoms with Gasteiger partial charge < -0.3 is 14.8 Å². The van der Waals surface area contributed by atoms with Crippen molar-refractivity contribution in [3.8, 4) is 11.6 Å². The molecular weight excluding hydrogens is 328 g/mol. The van der Waals surface area contributed by atoms with Crippen molar-refractivity contribution >= 4 is 12.0 Å². The molecule has 0 radical (unpaired) electrons. The molecule has 1 amide bonds. The minimum atomic E-state index is -0.116. The standard InChI is InChI=1S/C21H22N2O3/c24-21(17-12-16-5-1-4-8-19(16)25-14-17)23-13-15-9-10-22-20(11-15)26-18-6-2-3-7-18/h1,4-5,8-12,18H,2-3,6-7,13-14H2,(H,23,24). The van der Waals surface area contributed by atoms with Gasteiger partial charge in [0.2, 0.25) is 5.88 Å². The number of pyridine rings is 1. The molecule has 1 aliphatic heterocycles. The van der Waals surface area contributed by atoms with Gasteiger partial charge in [-0.1, -0.05) is 18.2 Å². The van der Waals surface area contributed by atoms with Crippen LogP contribution in [-0.2, 0) is 11.3 Å². The van der Waals surface area contributed by atoms with Crippen molar-refractivity contribution in [1.29, 1.82) is 0 Å². The number of amides is 1. The van der Waals surface area contributed by atoms with E-state index in [2.05, 4.69) is 10.3 Å². The lowest BCUT2D eigenvalue weighted by Gasteiger charge is -2.17. The van der Waals surface area contributed by atoms with Crippen LogP contribution in [0.1, 0.15) is 36.8 Å². The molecule has 2 aliphatic rings. The van der Waals surface area contributed by atoms with E-state index in [1.165, 1.54) is 12.8 Å². The van der Waals surface area contributed by atoms with Crippen LogP contribution in [0.15, 0.2) is 48.2 Å². The van der Waals surface area contributed by atoms with Crippen LogP contribution in [0.2, 0.25) is 0 Å². The topological polar surface area (TPSA) is 60.5 Å². The Kier molecular flexibility index (Phi) is 4.86. The smallest absolute Gasteiger partial charge is 0.250 e. The van der Waals surface area contributed by atoms with E-state index >= 15 is 0 Å². The highest BCUT2D eigenvalue weighted by Gasteiger charge is 2.18. The van der Waals surface area contributed by atoms with Crippen LogP contribution in [0.3, 0.4) is 0 Å². The zero-order valence-corrected chi connectivity index (χ0v) is 14.6. The van der Waals surface area contributed by atoms with Crippen LogP contribution in [0, 0.1) is 0 Å². The van der Waals surface area contributed by atoms with Gasteiger partial charge in [0.15, 0.2) is 0 Å². The van der Waals surface area contributed by atoms with E-state index in [-0.39, 0.29) is 18.6 Å². The first-order chi connectivity index (χ1) is 12.8. The van der Waals surface area contributed by atoms with E-state index < -0.39 is 0 Å².